The van der Waals surface area contributed by atoms with Gasteiger partial charge in [0.05, 0.1) is 6.04 Å². The molecule has 1 aliphatic heterocycles. The summed E-state index contributed by atoms with van der Waals surface area (Å²) in [7, 11) is 2.21. The van der Waals surface area contributed by atoms with Gasteiger partial charge in [0.25, 0.3) is 0 Å². The number of amides is 1. The van der Waals surface area contributed by atoms with E-state index in [0.29, 0.717) is 5.91 Å². The molecule has 1 saturated heterocycles. The topological polar surface area (TPSA) is 35.6 Å². The molecule has 1 atom stereocenters. The second-order valence-corrected chi connectivity index (χ2v) is 6.04. The average Bonchev–Trinajstić information content (AvgIpc) is 3.04. The van der Waals surface area contributed by atoms with Crippen molar-refractivity contribution >= 4 is 5.91 Å². The standard InChI is InChI=1S/C15H29N3O/c1-3-9-16-14-8-10-18(15(14)19)12-11-17(2)13-6-4-5-7-13/h13-14,16H,3-12H2,1-2H3. The van der Waals surface area contributed by atoms with Gasteiger partial charge in [-0.25, -0.2) is 0 Å². The third-order valence-corrected chi connectivity index (χ3v) is 4.61. The normalized spacial score (nSPS) is 24.9. The molecule has 2 fully saturated rings. The van der Waals surface area contributed by atoms with Crippen LogP contribution in [0, 0.1) is 0 Å². The van der Waals surface area contributed by atoms with Crippen LogP contribution in [0.1, 0.15) is 45.4 Å². The molecular formula is C15H29N3O. The van der Waals surface area contributed by atoms with Crippen molar-refractivity contribution in [3.63, 3.8) is 0 Å². The van der Waals surface area contributed by atoms with Crippen LogP contribution in [-0.2, 0) is 4.79 Å². The largest absolute Gasteiger partial charge is 0.340 e. The number of carbonyl (C=O) groups excluding carboxylic acids is 1. The fourth-order valence-electron chi connectivity index (χ4n) is 3.27. The number of rotatable bonds is 7. The quantitative estimate of drug-likeness (QED) is 0.758. The molecule has 0 bridgehead atoms. The van der Waals surface area contributed by atoms with Crippen molar-refractivity contribution in [2.24, 2.45) is 0 Å². The van der Waals surface area contributed by atoms with Crippen molar-refractivity contribution in [1.82, 2.24) is 15.1 Å². The molecule has 1 saturated carbocycles. The van der Waals surface area contributed by atoms with Crippen LogP contribution in [0.25, 0.3) is 0 Å². The number of likely N-dealkylation sites (N-methyl/N-ethyl adjacent to an activating group) is 1. The van der Waals surface area contributed by atoms with E-state index in [0.717, 1.165) is 45.1 Å². The molecule has 0 aromatic heterocycles. The highest BCUT2D eigenvalue weighted by Crippen LogP contribution is 2.22. The molecular weight excluding hydrogens is 238 g/mol. The minimum Gasteiger partial charge on any atom is -0.340 e. The maximum Gasteiger partial charge on any atom is 0.239 e. The lowest BCUT2D eigenvalue weighted by Gasteiger charge is -2.26. The molecule has 0 radical (unpaired) electrons. The lowest BCUT2D eigenvalue weighted by molar-refractivity contribution is -0.129. The maximum absolute atomic E-state index is 12.2. The fourth-order valence-corrected chi connectivity index (χ4v) is 3.27. The van der Waals surface area contributed by atoms with E-state index in [2.05, 4.69) is 24.2 Å². The molecule has 0 aromatic carbocycles. The maximum atomic E-state index is 12.2. The molecule has 1 heterocycles. The smallest absolute Gasteiger partial charge is 0.239 e. The summed E-state index contributed by atoms with van der Waals surface area (Å²) in [5, 5.41) is 3.35. The lowest BCUT2D eigenvalue weighted by atomic mass is 10.2. The van der Waals surface area contributed by atoms with Crippen LogP contribution in [0.3, 0.4) is 0 Å². The molecule has 19 heavy (non-hydrogen) atoms. The number of hydrogen-bond donors (Lipinski definition) is 1. The second kappa shape index (κ2) is 7.25. The summed E-state index contributed by atoms with van der Waals surface area (Å²) in [6.45, 7) is 5.94. The van der Waals surface area contributed by atoms with Crippen LogP contribution >= 0.6 is 0 Å². The van der Waals surface area contributed by atoms with Crippen LogP contribution < -0.4 is 5.32 Å². The Morgan fingerprint density at radius 1 is 1.32 bits per heavy atom. The zero-order valence-corrected chi connectivity index (χ0v) is 12.5. The zero-order valence-electron chi connectivity index (χ0n) is 12.5. The predicted molar refractivity (Wildman–Crippen MR) is 78.2 cm³/mol. The zero-order chi connectivity index (χ0) is 13.7. The van der Waals surface area contributed by atoms with E-state index in [4.69, 9.17) is 0 Å². The van der Waals surface area contributed by atoms with Gasteiger partial charge in [-0.3, -0.25) is 4.79 Å². The summed E-state index contributed by atoms with van der Waals surface area (Å²) in [4.78, 5) is 16.7. The number of hydrogen-bond acceptors (Lipinski definition) is 3. The summed E-state index contributed by atoms with van der Waals surface area (Å²) in [6, 6.07) is 0.837. The monoisotopic (exact) mass is 267 g/mol. The van der Waals surface area contributed by atoms with Crippen molar-refractivity contribution < 1.29 is 4.79 Å². The minimum atomic E-state index is 0.0803. The highest BCUT2D eigenvalue weighted by molar-refractivity contribution is 5.83. The van der Waals surface area contributed by atoms with Gasteiger partial charge in [-0.05, 0) is 39.3 Å². The first-order valence-electron chi connectivity index (χ1n) is 7.94. The summed E-state index contributed by atoms with van der Waals surface area (Å²) < 4.78 is 0. The van der Waals surface area contributed by atoms with Crippen molar-refractivity contribution in [3.05, 3.63) is 0 Å². The summed E-state index contributed by atoms with van der Waals surface area (Å²) in [5.74, 6) is 0.313. The molecule has 2 rings (SSSR count). The Kier molecular flexibility index (Phi) is 5.64. The van der Waals surface area contributed by atoms with Crippen molar-refractivity contribution in [1.29, 1.82) is 0 Å². The molecule has 1 amide bonds. The fraction of sp³-hybridized carbons (Fsp3) is 0.933. The molecule has 2 aliphatic rings. The first-order chi connectivity index (χ1) is 9.22. The molecule has 4 nitrogen and oxygen atoms in total. The van der Waals surface area contributed by atoms with E-state index in [9.17, 15) is 4.79 Å². The Bertz CT molecular complexity index is 289. The SMILES string of the molecule is CCCNC1CCN(CCN(C)C2CCCC2)C1=O. The van der Waals surface area contributed by atoms with E-state index < -0.39 is 0 Å². The van der Waals surface area contributed by atoms with E-state index in [-0.39, 0.29) is 6.04 Å². The molecule has 4 heteroatoms. The van der Waals surface area contributed by atoms with Gasteiger partial charge in [-0.15, -0.1) is 0 Å². The predicted octanol–water partition coefficient (Wildman–Crippen LogP) is 1.46. The summed E-state index contributed by atoms with van der Waals surface area (Å²) >= 11 is 0. The lowest BCUT2D eigenvalue weighted by Crippen LogP contribution is -2.42. The van der Waals surface area contributed by atoms with Crippen LogP contribution in [0.2, 0.25) is 0 Å². The van der Waals surface area contributed by atoms with Gasteiger partial charge in [0.15, 0.2) is 0 Å². The summed E-state index contributed by atoms with van der Waals surface area (Å²) in [6.07, 6.45) is 7.50. The first-order valence-corrected chi connectivity index (χ1v) is 7.94. The number of likely N-dealkylation sites (tertiary alicyclic amines) is 1. The molecule has 1 N–H and O–H groups in total. The van der Waals surface area contributed by atoms with Crippen molar-refractivity contribution in [2.45, 2.75) is 57.5 Å². The molecule has 110 valence electrons. The van der Waals surface area contributed by atoms with E-state index in [1.165, 1.54) is 25.7 Å². The first kappa shape index (κ1) is 14.8. The van der Waals surface area contributed by atoms with Crippen LogP contribution in [-0.4, -0.2) is 61.0 Å². The highest BCUT2D eigenvalue weighted by Gasteiger charge is 2.31. The van der Waals surface area contributed by atoms with E-state index in [1.54, 1.807) is 0 Å². The Morgan fingerprint density at radius 2 is 2.05 bits per heavy atom. The highest BCUT2D eigenvalue weighted by atomic mass is 16.2. The second-order valence-electron chi connectivity index (χ2n) is 6.04. The number of nitrogens with zero attached hydrogens (tertiary/aromatic N) is 2. The average molecular weight is 267 g/mol. The summed E-state index contributed by atoms with van der Waals surface area (Å²) in [5.41, 5.74) is 0. The van der Waals surface area contributed by atoms with Gasteiger partial charge >= 0.3 is 0 Å². The van der Waals surface area contributed by atoms with Crippen LogP contribution in [0.5, 0.6) is 0 Å². The van der Waals surface area contributed by atoms with Gasteiger partial charge in [0.1, 0.15) is 0 Å². The molecule has 0 aromatic rings. The Labute approximate surface area is 117 Å². The van der Waals surface area contributed by atoms with E-state index in [1.807, 2.05) is 4.90 Å². The van der Waals surface area contributed by atoms with Crippen LogP contribution in [0.15, 0.2) is 0 Å². The van der Waals surface area contributed by atoms with Gasteiger partial charge < -0.3 is 15.1 Å². The van der Waals surface area contributed by atoms with Gasteiger partial charge in [-0.2, -0.15) is 0 Å². The molecule has 1 unspecified atom stereocenters. The van der Waals surface area contributed by atoms with Gasteiger partial charge in [0, 0.05) is 25.7 Å². The Morgan fingerprint density at radius 3 is 2.74 bits per heavy atom. The van der Waals surface area contributed by atoms with Gasteiger partial charge in [0.2, 0.25) is 5.91 Å². The van der Waals surface area contributed by atoms with Crippen LogP contribution in [0.4, 0.5) is 0 Å². The van der Waals surface area contributed by atoms with Gasteiger partial charge in [-0.1, -0.05) is 19.8 Å². The number of nitrogens with one attached hydrogen (secondary N) is 1. The molecule has 0 spiro atoms. The third-order valence-electron chi connectivity index (χ3n) is 4.61. The van der Waals surface area contributed by atoms with Crippen molar-refractivity contribution in [3.8, 4) is 0 Å². The minimum absolute atomic E-state index is 0.0803. The number of carbonyl (C=O) groups is 1. The third kappa shape index (κ3) is 3.93. The van der Waals surface area contributed by atoms with Crippen molar-refractivity contribution in [2.75, 3.05) is 33.2 Å². The van der Waals surface area contributed by atoms with E-state index >= 15 is 0 Å². The Hall–Kier alpha value is -0.610. The Balaban J connectivity index is 1.70. The molecule has 1 aliphatic carbocycles.